The van der Waals surface area contributed by atoms with Crippen LogP contribution in [-0.4, -0.2) is 27.0 Å². The van der Waals surface area contributed by atoms with E-state index in [1.807, 2.05) is 75.8 Å². The maximum Gasteiger partial charge on any atom is 0.128 e. The Bertz CT molecular complexity index is 796. The molecule has 3 aromatic rings. The van der Waals surface area contributed by atoms with E-state index in [-0.39, 0.29) is 0 Å². The maximum absolute atomic E-state index is 5.55. The fraction of sp³-hybridized carbons (Fsp3) is 0.348. The highest BCUT2D eigenvalue weighted by Crippen LogP contribution is 2.25. The van der Waals surface area contributed by atoms with Crippen molar-refractivity contribution < 1.29 is 4.74 Å². The van der Waals surface area contributed by atoms with Crippen LogP contribution in [0, 0.1) is 13.8 Å². The van der Waals surface area contributed by atoms with E-state index in [9.17, 15) is 0 Å². The Morgan fingerprint density at radius 1 is 0.821 bits per heavy atom. The van der Waals surface area contributed by atoms with Gasteiger partial charge in [-0.15, -0.1) is 0 Å². The van der Waals surface area contributed by atoms with Gasteiger partial charge in [0.2, 0.25) is 0 Å². The van der Waals surface area contributed by atoms with Gasteiger partial charge in [-0.2, -0.15) is 0 Å². The topological polar surface area (TPSA) is 51.1 Å². The van der Waals surface area contributed by atoms with Gasteiger partial charge in [-0.3, -0.25) is 19.9 Å². The Hall–Kier alpha value is -2.79. The van der Waals surface area contributed by atoms with Crippen LogP contribution >= 0.6 is 0 Å². The molecule has 0 unspecified atom stereocenters. The largest absolute Gasteiger partial charge is 0.496 e. The lowest BCUT2D eigenvalue weighted by molar-refractivity contribution is 0.237. The molecule has 3 rings (SSSR count). The first kappa shape index (κ1) is 21.5. The van der Waals surface area contributed by atoms with Crippen LogP contribution in [0.3, 0.4) is 0 Å². The normalized spacial score (nSPS) is 10.4. The molecular weight excluding hydrogens is 348 g/mol. The number of nitrogens with zero attached hydrogens (tertiary/aromatic N) is 4. The Balaban J connectivity index is 0.00000136. The molecule has 0 spiro atoms. The predicted molar refractivity (Wildman–Crippen MR) is 113 cm³/mol. The third kappa shape index (κ3) is 5.86. The molecule has 0 aliphatic heterocycles. The molecule has 0 saturated heterocycles. The lowest BCUT2D eigenvalue weighted by Gasteiger charge is -2.23. The van der Waals surface area contributed by atoms with Crippen LogP contribution in [0.5, 0.6) is 5.75 Å². The molecule has 0 fully saturated rings. The van der Waals surface area contributed by atoms with Gasteiger partial charge in [0.25, 0.3) is 0 Å². The SMILES string of the molecule is CC.COc1c(C)cnc(CN(Cc2ccccn2)Cc2ccccn2)c1C. The number of aromatic nitrogens is 3. The fourth-order valence-electron chi connectivity index (χ4n) is 3.05. The molecule has 28 heavy (non-hydrogen) atoms. The van der Waals surface area contributed by atoms with Gasteiger partial charge in [-0.05, 0) is 38.1 Å². The zero-order chi connectivity index (χ0) is 20.4. The highest BCUT2D eigenvalue weighted by atomic mass is 16.5. The van der Waals surface area contributed by atoms with Crippen molar-refractivity contribution in [1.82, 2.24) is 19.9 Å². The number of rotatable bonds is 7. The average molecular weight is 379 g/mol. The highest BCUT2D eigenvalue weighted by molar-refractivity contribution is 5.41. The number of aryl methyl sites for hydroxylation is 1. The second-order valence-electron chi connectivity index (χ2n) is 6.33. The van der Waals surface area contributed by atoms with Crippen molar-refractivity contribution in [3.8, 4) is 5.75 Å². The molecule has 5 nitrogen and oxygen atoms in total. The standard InChI is InChI=1S/C21H24N4O.C2H6/c1-16-12-24-20(17(2)21(16)26-3)15-25(13-18-8-4-6-10-22-18)14-19-9-5-7-11-23-19;1-2/h4-12H,13-15H2,1-3H3;1-2H3. The average Bonchev–Trinajstić information content (AvgIpc) is 2.73. The van der Waals surface area contributed by atoms with E-state index in [2.05, 4.69) is 26.8 Å². The van der Waals surface area contributed by atoms with Gasteiger partial charge in [0.05, 0.1) is 24.2 Å². The highest BCUT2D eigenvalue weighted by Gasteiger charge is 2.15. The van der Waals surface area contributed by atoms with Gasteiger partial charge in [0.15, 0.2) is 0 Å². The first-order chi connectivity index (χ1) is 13.7. The summed E-state index contributed by atoms with van der Waals surface area (Å²) in [6.45, 7) is 10.2. The minimum absolute atomic E-state index is 0.704. The summed E-state index contributed by atoms with van der Waals surface area (Å²) in [5.74, 6) is 0.908. The van der Waals surface area contributed by atoms with Crippen molar-refractivity contribution >= 4 is 0 Å². The number of hydrogen-bond donors (Lipinski definition) is 0. The van der Waals surface area contributed by atoms with E-state index in [0.717, 1.165) is 47.0 Å². The van der Waals surface area contributed by atoms with Crippen LogP contribution in [0.4, 0.5) is 0 Å². The second-order valence-corrected chi connectivity index (χ2v) is 6.33. The van der Waals surface area contributed by atoms with Crippen LogP contribution in [-0.2, 0) is 19.6 Å². The summed E-state index contributed by atoms with van der Waals surface area (Å²) >= 11 is 0. The predicted octanol–water partition coefficient (Wildman–Crippen LogP) is 4.73. The summed E-state index contributed by atoms with van der Waals surface area (Å²) in [6, 6.07) is 12.0. The van der Waals surface area contributed by atoms with Crippen molar-refractivity contribution in [2.24, 2.45) is 0 Å². The number of hydrogen-bond acceptors (Lipinski definition) is 5. The van der Waals surface area contributed by atoms with Crippen molar-refractivity contribution in [3.05, 3.63) is 83.2 Å². The Morgan fingerprint density at radius 3 is 1.86 bits per heavy atom. The summed E-state index contributed by atoms with van der Waals surface area (Å²) < 4.78 is 5.55. The Kier molecular flexibility index (Phi) is 8.56. The molecule has 0 atom stereocenters. The second kappa shape index (κ2) is 11.1. The molecule has 0 aromatic carbocycles. The quantitative estimate of drug-likeness (QED) is 0.595. The molecule has 0 saturated carbocycles. The van der Waals surface area contributed by atoms with Crippen molar-refractivity contribution in [1.29, 1.82) is 0 Å². The van der Waals surface area contributed by atoms with Crippen molar-refractivity contribution in [3.63, 3.8) is 0 Å². The molecule has 3 aromatic heterocycles. The summed E-state index contributed by atoms with van der Waals surface area (Å²) in [7, 11) is 1.71. The van der Waals surface area contributed by atoms with E-state index >= 15 is 0 Å². The summed E-state index contributed by atoms with van der Waals surface area (Å²) in [6.07, 6.45) is 5.53. The molecular formula is C23H30N4O. The Morgan fingerprint density at radius 2 is 1.39 bits per heavy atom. The minimum Gasteiger partial charge on any atom is -0.496 e. The zero-order valence-electron chi connectivity index (χ0n) is 17.5. The van der Waals surface area contributed by atoms with Gasteiger partial charge >= 0.3 is 0 Å². The smallest absolute Gasteiger partial charge is 0.128 e. The Labute approximate surface area is 168 Å². The maximum atomic E-state index is 5.55. The number of pyridine rings is 3. The van der Waals surface area contributed by atoms with Gasteiger partial charge in [-0.1, -0.05) is 26.0 Å². The summed E-state index contributed by atoms with van der Waals surface area (Å²) in [5.41, 5.74) is 5.20. The molecule has 3 heterocycles. The van der Waals surface area contributed by atoms with E-state index in [4.69, 9.17) is 4.74 Å². The van der Waals surface area contributed by atoms with Crippen molar-refractivity contribution in [2.45, 2.75) is 47.3 Å². The third-order valence-corrected chi connectivity index (χ3v) is 4.35. The molecule has 0 aliphatic rings. The summed E-state index contributed by atoms with van der Waals surface area (Å²) in [4.78, 5) is 15.9. The summed E-state index contributed by atoms with van der Waals surface area (Å²) in [5, 5.41) is 0. The minimum atomic E-state index is 0.704. The molecule has 0 aliphatic carbocycles. The fourth-order valence-corrected chi connectivity index (χ4v) is 3.05. The van der Waals surface area contributed by atoms with Crippen molar-refractivity contribution in [2.75, 3.05) is 7.11 Å². The lowest BCUT2D eigenvalue weighted by Crippen LogP contribution is -2.24. The van der Waals surface area contributed by atoms with Gasteiger partial charge in [0.1, 0.15) is 5.75 Å². The van der Waals surface area contributed by atoms with E-state index in [1.54, 1.807) is 7.11 Å². The van der Waals surface area contributed by atoms with Crippen LogP contribution in [0.15, 0.2) is 55.0 Å². The van der Waals surface area contributed by atoms with Crippen LogP contribution < -0.4 is 4.74 Å². The zero-order valence-corrected chi connectivity index (χ0v) is 17.5. The monoisotopic (exact) mass is 378 g/mol. The van der Waals surface area contributed by atoms with Crippen LogP contribution in [0.25, 0.3) is 0 Å². The number of methoxy groups -OCH3 is 1. The van der Waals surface area contributed by atoms with Crippen LogP contribution in [0.2, 0.25) is 0 Å². The molecule has 0 radical (unpaired) electrons. The third-order valence-electron chi connectivity index (χ3n) is 4.35. The molecule has 0 bridgehead atoms. The first-order valence-electron chi connectivity index (χ1n) is 9.68. The molecule has 0 amide bonds. The molecule has 5 heteroatoms. The molecule has 0 N–H and O–H groups in total. The van der Waals surface area contributed by atoms with Gasteiger partial charge in [0, 0.05) is 49.4 Å². The first-order valence-corrected chi connectivity index (χ1v) is 9.68. The number of ether oxygens (including phenoxy) is 1. The van der Waals surface area contributed by atoms with Gasteiger partial charge in [-0.25, -0.2) is 0 Å². The lowest BCUT2D eigenvalue weighted by atomic mass is 10.1. The van der Waals surface area contributed by atoms with E-state index in [1.165, 1.54) is 0 Å². The van der Waals surface area contributed by atoms with Crippen LogP contribution in [0.1, 0.15) is 42.1 Å². The molecule has 148 valence electrons. The van der Waals surface area contributed by atoms with E-state index < -0.39 is 0 Å². The van der Waals surface area contributed by atoms with Gasteiger partial charge < -0.3 is 4.74 Å². The van der Waals surface area contributed by atoms with E-state index in [0.29, 0.717) is 6.54 Å².